The molecule has 5 aromatic carbocycles. The Balaban J connectivity index is 1.40. The molecular weight excluding hydrogens is 502 g/mol. The Hall–Kier alpha value is -5.22. The minimum Gasteiger partial charge on any atom is -0.439 e. The van der Waals surface area contributed by atoms with Crippen molar-refractivity contribution in [3.05, 3.63) is 126 Å². The van der Waals surface area contributed by atoms with Gasteiger partial charge in [-0.25, -0.2) is 9.97 Å². The second-order valence-electron chi connectivity index (χ2n) is 11.4. The molecular formula is C37H25N3O. The number of fused-ring (bicyclic) bond motifs is 8. The van der Waals surface area contributed by atoms with Crippen molar-refractivity contribution in [3.63, 3.8) is 0 Å². The molecule has 0 radical (unpaired) electrons. The van der Waals surface area contributed by atoms with Crippen LogP contribution in [0.25, 0.3) is 72.2 Å². The molecule has 4 heterocycles. The predicted octanol–water partition coefficient (Wildman–Crippen LogP) is 9.45. The van der Waals surface area contributed by atoms with Crippen LogP contribution in [0.2, 0.25) is 0 Å². The summed E-state index contributed by atoms with van der Waals surface area (Å²) < 4.78 is 8.91. The standard InChI is InChI=1S/C37H25N3O/c1-37(2)27-18-10-16-25-31-24-15-7-9-21-30(24)41-36(31)40(34(25)27)29-20-11-17-26(32(29)37)35-38-28-19-8-6-14-23(28)33(39-35)22-12-4-3-5-13-22/h3-21H,1-2H3. The van der Waals surface area contributed by atoms with Crippen molar-refractivity contribution in [1.29, 1.82) is 0 Å². The van der Waals surface area contributed by atoms with Crippen molar-refractivity contribution >= 4 is 43.9 Å². The van der Waals surface area contributed by atoms with Crippen LogP contribution in [0.3, 0.4) is 0 Å². The Bertz CT molecular complexity index is 2340. The van der Waals surface area contributed by atoms with Crippen molar-refractivity contribution < 1.29 is 4.42 Å². The normalized spacial score (nSPS) is 13.8. The molecule has 0 bridgehead atoms. The van der Waals surface area contributed by atoms with E-state index in [4.69, 9.17) is 14.4 Å². The van der Waals surface area contributed by atoms with Gasteiger partial charge in [0.25, 0.3) is 0 Å². The van der Waals surface area contributed by atoms with Crippen molar-refractivity contribution in [1.82, 2.24) is 14.5 Å². The average Bonchev–Trinajstić information content (AvgIpc) is 3.55. The summed E-state index contributed by atoms with van der Waals surface area (Å²) in [6.45, 7) is 4.64. The molecule has 3 aromatic heterocycles. The van der Waals surface area contributed by atoms with Crippen molar-refractivity contribution in [2.45, 2.75) is 19.3 Å². The lowest BCUT2D eigenvalue weighted by molar-refractivity contribution is 0.613. The van der Waals surface area contributed by atoms with Gasteiger partial charge in [-0.05, 0) is 29.3 Å². The van der Waals surface area contributed by atoms with E-state index in [0.29, 0.717) is 0 Å². The first kappa shape index (κ1) is 22.6. The predicted molar refractivity (Wildman–Crippen MR) is 167 cm³/mol. The lowest BCUT2D eigenvalue weighted by atomic mass is 9.72. The Kier molecular flexibility index (Phi) is 4.36. The van der Waals surface area contributed by atoms with Crippen LogP contribution in [0.15, 0.2) is 120 Å². The van der Waals surface area contributed by atoms with Gasteiger partial charge in [-0.2, -0.15) is 0 Å². The monoisotopic (exact) mass is 527 g/mol. The number of furan rings is 1. The summed E-state index contributed by atoms with van der Waals surface area (Å²) in [5.74, 6) is 0.733. The fraction of sp³-hybridized carbons (Fsp3) is 0.0811. The molecule has 0 fully saturated rings. The minimum atomic E-state index is -0.297. The van der Waals surface area contributed by atoms with Crippen LogP contribution < -0.4 is 0 Å². The minimum absolute atomic E-state index is 0.297. The van der Waals surface area contributed by atoms with Gasteiger partial charge in [0.1, 0.15) is 5.58 Å². The van der Waals surface area contributed by atoms with E-state index in [-0.39, 0.29) is 5.41 Å². The first-order valence-electron chi connectivity index (χ1n) is 14.0. The van der Waals surface area contributed by atoms with E-state index in [1.807, 2.05) is 18.2 Å². The third kappa shape index (κ3) is 2.94. The summed E-state index contributed by atoms with van der Waals surface area (Å²) in [6, 6.07) is 40.2. The molecule has 0 spiro atoms. The van der Waals surface area contributed by atoms with Gasteiger partial charge in [-0.15, -0.1) is 0 Å². The topological polar surface area (TPSA) is 43.9 Å². The fourth-order valence-electron chi connectivity index (χ4n) is 6.99. The summed E-state index contributed by atoms with van der Waals surface area (Å²) in [7, 11) is 0. The highest BCUT2D eigenvalue weighted by molar-refractivity contribution is 6.21. The SMILES string of the molecule is CC1(C)c2c(-c3nc(-c4ccccc4)c4ccccc4n3)cccc2-n2c3oc4ccccc4c3c3cccc1c32. The summed E-state index contributed by atoms with van der Waals surface area (Å²) in [6.07, 6.45) is 0. The molecule has 0 N–H and O–H groups in total. The van der Waals surface area contributed by atoms with E-state index < -0.39 is 0 Å². The smallest absolute Gasteiger partial charge is 0.213 e. The third-order valence-electron chi connectivity index (χ3n) is 8.78. The van der Waals surface area contributed by atoms with E-state index in [1.165, 1.54) is 27.4 Å². The highest BCUT2D eigenvalue weighted by Gasteiger charge is 2.38. The molecule has 0 aliphatic carbocycles. The molecule has 1 aliphatic rings. The average molecular weight is 528 g/mol. The molecule has 0 saturated carbocycles. The van der Waals surface area contributed by atoms with Crippen LogP contribution in [-0.4, -0.2) is 14.5 Å². The van der Waals surface area contributed by atoms with Crippen LogP contribution in [0.1, 0.15) is 25.0 Å². The quantitative estimate of drug-likeness (QED) is 0.225. The van der Waals surface area contributed by atoms with Crippen LogP contribution in [0.5, 0.6) is 0 Å². The molecule has 0 atom stereocenters. The van der Waals surface area contributed by atoms with Crippen molar-refractivity contribution in [2.75, 3.05) is 0 Å². The van der Waals surface area contributed by atoms with E-state index in [1.54, 1.807) is 0 Å². The lowest BCUT2D eigenvalue weighted by Crippen LogP contribution is -2.27. The van der Waals surface area contributed by atoms with Gasteiger partial charge in [0, 0.05) is 32.7 Å². The molecule has 0 saturated heterocycles. The zero-order valence-electron chi connectivity index (χ0n) is 22.7. The lowest BCUT2D eigenvalue weighted by Gasteiger charge is -2.35. The molecule has 0 unspecified atom stereocenters. The van der Waals surface area contributed by atoms with Gasteiger partial charge in [-0.3, -0.25) is 4.57 Å². The maximum atomic E-state index is 6.59. The largest absolute Gasteiger partial charge is 0.439 e. The third-order valence-corrected chi connectivity index (χ3v) is 8.78. The molecule has 8 aromatic rings. The summed E-state index contributed by atoms with van der Waals surface area (Å²) in [4.78, 5) is 10.4. The number of rotatable bonds is 2. The number of aromatic nitrogens is 3. The molecule has 0 amide bonds. The molecule has 9 rings (SSSR count). The van der Waals surface area contributed by atoms with Crippen molar-refractivity contribution in [2.24, 2.45) is 0 Å². The first-order valence-corrected chi connectivity index (χ1v) is 14.0. The van der Waals surface area contributed by atoms with Gasteiger partial charge >= 0.3 is 0 Å². The Labute approximate surface area is 236 Å². The van der Waals surface area contributed by atoms with Gasteiger partial charge in [0.05, 0.1) is 27.8 Å². The first-order chi connectivity index (χ1) is 20.1. The number of hydrogen-bond acceptors (Lipinski definition) is 3. The summed E-state index contributed by atoms with van der Waals surface area (Å²) in [5, 5.41) is 4.58. The highest BCUT2D eigenvalue weighted by atomic mass is 16.3. The van der Waals surface area contributed by atoms with Crippen LogP contribution in [0.4, 0.5) is 0 Å². The van der Waals surface area contributed by atoms with Crippen LogP contribution in [-0.2, 0) is 5.41 Å². The Morgan fingerprint density at radius 3 is 2.27 bits per heavy atom. The summed E-state index contributed by atoms with van der Waals surface area (Å²) >= 11 is 0. The second kappa shape index (κ2) is 7.92. The van der Waals surface area contributed by atoms with Gasteiger partial charge in [0.15, 0.2) is 5.82 Å². The molecule has 41 heavy (non-hydrogen) atoms. The van der Waals surface area contributed by atoms with Gasteiger partial charge < -0.3 is 4.42 Å². The molecule has 194 valence electrons. The van der Waals surface area contributed by atoms with Gasteiger partial charge in [-0.1, -0.05) is 111 Å². The zero-order chi connectivity index (χ0) is 27.3. The molecule has 4 heteroatoms. The van der Waals surface area contributed by atoms with Gasteiger partial charge in [0.2, 0.25) is 5.71 Å². The van der Waals surface area contributed by atoms with Crippen LogP contribution in [0, 0.1) is 0 Å². The Morgan fingerprint density at radius 2 is 1.39 bits per heavy atom. The number of para-hydroxylation sites is 3. The van der Waals surface area contributed by atoms with E-state index in [2.05, 4.69) is 115 Å². The maximum absolute atomic E-state index is 6.59. The van der Waals surface area contributed by atoms with E-state index in [0.717, 1.165) is 55.9 Å². The maximum Gasteiger partial charge on any atom is 0.213 e. The fourth-order valence-corrected chi connectivity index (χ4v) is 6.99. The van der Waals surface area contributed by atoms with E-state index in [9.17, 15) is 0 Å². The molecule has 1 aliphatic heterocycles. The van der Waals surface area contributed by atoms with Crippen LogP contribution >= 0.6 is 0 Å². The summed E-state index contributed by atoms with van der Waals surface area (Å²) in [5.41, 5.74) is 10.3. The highest BCUT2D eigenvalue weighted by Crippen LogP contribution is 2.51. The zero-order valence-corrected chi connectivity index (χ0v) is 22.7. The number of hydrogen-bond donors (Lipinski definition) is 0. The number of nitrogens with zero attached hydrogens (tertiary/aromatic N) is 3. The second-order valence-corrected chi connectivity index (χ2v) is 11.4. The Morgan fingerprint density at radius 1 is 0.659 bits per heavy atom. The van der Waals surface area contributed by atoms with Crippen molar-refractivity contribution in [3.8, 4) is 28.3 Å². The molecule has 4 nitrogen and oxygen atoms in total. The van der Waals surface area contributed by atoms with E-state index >= 15 is 0 Å². The number of benzene rings is 5.